The summed E-state index contributed by atoms with van der Waals surface area (Å²) >= 11 is 3.41. The Morgan fingerprint density at radius 2 is 1.83 bits per heavy atom. The summed E-state index contributed by atoms with van der Waals surface area (Å²) in [5.41, 5.74) is 4.85. The summed E-state index contributed by atoms with van der Waals surface area (Å²) in [6.07, 6.45) is 1.72. The monoisotopic (exact) mass is 448 g/mol. The highest BCUT2D eigenvalue weighted by molar-refractivity contribution is 9.10. The molecule has 6 nitrogen and oxygen atoms in total. The summed E-state index contributed by atoms with van der Waals surface area (Å²) in [5, 5.41) is 12.7. The highest BCUT2D eigenvalue weighted by atomic mass is 79.9. The van der Waals surface area contributed by atoms with E-state index >= 15 is 0 Å². The van der Waals surface area contributed by atoms with Crippen LogP contribution in [0, 0.1) is 0 Å². The van der Waals surface area contributed by atoms with Crippen molar-refractivity contribution in [2.24, 2.45) is 0 Å². The van der Waals surface area contributed by atoms with Crippen molar-refractivity contribution < 1.29 is 9.90 Å². The topological polar surface area (TPSA) is 90.9 Å². The second kappa shape index (κ2) is 7.89. The molecule has 0 atom stereocenters. The Balaban J connectivity index is 1.82. The lowest BCUT2D eigenvalue weighted by Crippen LogP contribution is -2.05. The molecule has 0 aliphatic rings. The van der Waals surface area contributed by atoms with Crippen LogP contribution in [-0.4, -0.2) is 26.0 Å². The minimum atomic E-state index is -0.118. The van der Waals surface area contributed by atoms with E-state index in [-0.39, 0.29) is 11.7 Å². The second-order valence-corrected chi connectivity index (χ2v) is 7.30. The van der Waals surface area contributed by atoms with Crippen LogP contribution in [-0.2, 0) is 4.79 Å². The minimum Gasteiger partial charge on any atom is -0.508 e. The Labute approximate surface area is 175 Å². The van der Waals surface area contributed by atoms with Crippen molar-refractivity contribution in [1.29, 1.82) is 0 Å². The molecule has 0 aliphatic heterocycles. The maximum Gasteiger partial charge on any atom is 0.221 e. The fourth-order valence-corrected chi connectivity index (χ4v) is 3.42. The van der Waals surface area contributed by atoms with Crippen LogP contribution in [0.3, 0.4) is 0 Å². The fourth-order valence-electron chi connectivity index (χ4n) is 3.05. The van der Waals surface area contributed by atoms with Gasteiger partial charge in [-0.3, -0.25) is 4.79 Å². The molecule has 4 rings (SSSR count). The number of pyridine rings is 1. The first-order valence-corrected chi connectivity index (χ1v) is 9.68. The number of halogens is 1. The third kappa shape index (κ3) is 4.20. The summed E-state index contributed by atoms with van der Waals surface area (Å²) in [6, 6.07) is 18.2. The number of carbonyl (C=O) groups is 1. The van der Waals surface area contributed by atoms with E-state index in [1.165, 1.54) is 6.92 Å². The van der Waals surface area contributed by atoms with Crippen LogP contribution < -0.4 is 5.32 Å². The number of phenols is 1. The summed E-state index contributed by atoms with van der Waals surface area (Å²) in [5.74, 6) is 0.738. The Morgan fingerprint density at radius 3 is 2.52 bits per heavy atom. The maximum absolute atomic E-state index is 11.2. The van der Waals surface area contributed by atoms with Crippen LogP contribution >= 0.6 is 15.9 Å². The second-order valence-electron chi connectivity index (χ2n) is 6.49. The van der Waals surface area contributed by atoms with Crippen LogP contribution in [0.2, 0.25) is 0 Å². The average molecular weight is 449 g/mol. The van der Waals surface area contributed by atoms with Gasteiger partial charge < -0.3 is 15.4 Å². The van der Waals surface area contributed by atoms with Gasteiger partial charge in [-0.15, -0.1) is 0 Å². The van der Waals surface area contributed by atoms with Gasteiger partial charge in [0.25, 0.3) is 0 Å². The molecule has 7 heteroatoms. The predicted molar refractivity (Wildman–Crippen MR) is 116 cm³/mol. The number of phenolic OH excluding ortho intramolecular Hbond substituents is 1. The van der Waals surface area contributed by atoms with Gasteiger partial charge in [-0.05, 0) is 64.5 Å². The number of hydrogen-bond donors (Lipinski definition) is 3. The summed E-state index contributed by atoms with van der Waals surface area (Å²) < 4.78 is 0.715. The first kappa shape index (κ1) is 18.9. The van der Waals surface area contributed by atoms with Gasteiger partial charge in [0.2, 0.25) is 5.91 Å². The van der Waals surface area contributed by atoms with E-state index in [2.05, 4.69) is 31.2 Å². The average Bonchev–Trinajstić information content (AvgIpc) is 3.14. The normalized spacial score (nSPS) is 10.7. The number of H-pyrrole nitrogens is 1. The van der Waals surface area contributed by atoms with Gasteiger partial charge in [-0.25, -0.2) is 9.97 Å². The van der Waals surface area contributed by atoms with Crippen LogP contribution in [0.1, 0.15) is 6.92 Å². The zero-order chi connectivity index (χ0) is 20.4. The van der Waals surface area contributed by atoms with Gasteiger partial charge in [0.15, 0.2) is 0 Å². The number of nitrogens with one attached hydrogen (secondary N) is 2. The predicted octanol–water partition coefficient (Wildman–Crippen LogP) is 5.23. The number of aromatic amines is 1. The molecule has 2 aromatic carbocycles. The summed E-state index contributed by atoms with van der Waals surface area (Å²) in [7, 11) is 0. The molecule has 0 saturated heterocycles. The minimum absolute atomic E-state index is 0.118. The van der Waals surface area contributed by atoms with Crippen LogP contribution in [0.5, 0.6) is 5.75 Å². The first-order valence-electron chi connectivity index (χ1n) is 8.89. The zero-order valence-corrected chi connectivity index (χ0v) is 17.1. The molecule has 0 radical (unpaired) electrons. The lowest BCUT2D eigenvalue weighted by molar-refractivity contribution is -0.114. The molecule has 0 unspecified atom stereocenters. The zero-order valence-electron chi connectivity index (χ0n) is 15.5. The molecule has 2 heterocycles. The number of benzene rings is 2. The molecule has 0 fully saturated rings. The van der Waals surface area contributed by atoms with E-state index in [4.69, 9.17) is 4.98 Å². The number of anilines is 1. The van der Waals surface area contributed by atoms with Gasteiger partial charge in [-0.1, -0.05) is 12.1 Å². The Hall–Kier alpha value is -3.45. The van der Waals surface area contributed by atoms with Crippen LogP contribution in [0.25, 0.3) is 33.9 Å². The molecular formula is C22H17BrN4O2. The number of nitrogens with zero attached hydrogens (tertiary/aromatic N) is 2. The Bertz CT molecular complexity index is 1120. The molecule has 2 aromatic heterocycles. The molecule has 1 amide bonds. The van der Waals surface area contributed by atoms with Gasteiger partial charge in [0.1, 0.15) is 16.2 Å². The number of carbonyl (C=O) groups excluding carboxylic acids is 1. The molecule has 0 saturated carbocycles. The third-order valence-electron chi connectivity index (χ3n) is 4.32. The van der Waals surface area contributed by atoms with Crippen molar-refractivity contribution in [2.75, 3.05) is 5.32 Å². The molecule has 29 heavy (non-hydrogen) atoms. The largest absolute Gasteiger partial charge is 0.508 e. The molecule has 0 spiro atoms. The van der Waals surface area contributed by atoms with Gasteiger partial charge in [0.05, 0.1) is 11.4 Å². The van der Waals surface area contributed by atoms with Crippen LogP contribution in [0.4, 0.5) is 5.69 Å². The van der Waals surface area contributed by atoms with Crippen molar-refractivity contribution in [3.8, 4) is 39.7 Å². The molecule has 0 bridgehead atoms. The van der Waals surface area contributed by atoms with Crippen molar-refractivity contribution >= 4 is 27.5 Å². The number of aromatic nitrogens is 3. The number of aromatic hydroxyl groups is 1. The van der Waals surface area contributed by atoms with Crippen molar-refractivity contribution in [1.82, 2.24) is 15.0 Å². The summed E-state index contributed by atoms with van der Waals surface area (Å²) in [4.78, 5) is 23.6. The smallest absolute Gasteiger partial charge is 0.221 e. The van der Waals surface area contributed by atoms with E-state index in [1.807, 2.05) is 42.5 Å². The van der Waals surface area contributed by atoms with Crippen LogP contribution in [0.15, 0.2) is 71.5 Å². The van der Waals surface area contributed by atoms with Gasteiger partial charge in [-0.2, -0.15) is 0 Å². The van der Waals surface area contributed by atoms with Crippen molar-refractivity contribution in [3.63, 3.8) is 0 Å². The maximum atomic E-state index is 11.2. The van der Waals surface area contributed by atoms with E-state index in [0.29, 0.717) is 10.4 Å². The molecule has 4 aromatic rings. The van der Waals surface area contributed by atoms with E-state index < -0.39 is 0 Å². The van der Waals surface area contributed by atoms with E-state index in [0.717, 1.165) is 33.8 Å². The SMILES string of the molecule is CC(=O)Nc1ccc(-c2nc(-c3cccc(O)c3)c(-c3ccnc(Br)c3)[nH]2)cc1. The first-order chi connectivity index (χ1) is 14.0. The third-order valence-corrected chi connectivity index (χ3v) is 4.75. The number of rotatable bonds is 4. The Kier molecular flexibility index (Phi) is 5.14. The summed E-state index contributed by atoms with van der Waals surface area (Å²) in [6.45, 7) is 1.47. The van der Waals surface area contributed by atoms with E-state index in [1.54, 1.807) is 24.4 Å². The lowest BCUT2D eigenvalue weighted by atomic mass is 10.1. The highest BCUT2D eigenvalue weighted by Gasteiger charge is 2.16. The molecule has 3 N–H and O–H groups in total. The van der Waals surface area contributed by atoms with Gasteiger partial charge in [0, 0.05) is 35.5 Å². The Morgan fingerprint density at radius 1 is 1.03 bits per heavy atom. The number of amides is 1. The standard InChI is InChI=1S/C22H17BrN4O2/c1-13(28)25-17-7-5-14(6-8-17)22-26-20(15-3-2-4-18(29)11-15)21(27-22)16-9-10-24-19(23)12-16/h2-12,29H,1H3,(H,25,28)(H,26,27). The number of imidazole rings is 1. The van der Waals surface area contributed by atoms with Crippen molar-refractivity contribution in [3.05, 3.63) is 71.5 Å². The van der Waals surface area contributed by atoms with Crippen molar-refractivity contribution in [2.45, 2.75) is 6.92 Å². The fraction of sp³-hybridized carbons (Fsp3) is 0.0455. The quantitative estimate of drug-likeness (QED) is 0.372. The highest BCUT2D eigenvalue weighted by Crippen LogP contribution is 2.34. The molecule has 144 valence electrons. The number of hydrogen-bond acceptors (Lipinski definition) is 4. The molecular weight excluding hydrogens is 432 g/mol. The van der Waals surface area contributed by atoms with Gasteiger partial charge >= 0.3 is 0 Å². The van der Waals surface area contributed by atoms with E-state index in [9.17, 15) is 9.90 Å². The molecule has 0 aliphatic carbocycles. The lowest BCUT2D eigenvalue weighted by Gasteiger charge is -2.04.